The van der Waals surface area contributed by atoms with Crippen molar-refractivity contribution in [3.05, 3.63) is 27.5 Å². The monoisotopic (exact) mass is 314 g/mol. The molecule has 0 radical (unpaired) electrons. The first-order chi connectivity index (χ1) is 8.63. The molecular formula is C11H11Cl2F3N2O. The third-order valence-electron chi connectivity index (χ3n) is 2.44. The van der Waals surface area contributed by atoms with E-state index in [0.717, 1.165) is 4.90 Å². The smallest absolute Gasteiger partial charge is 0.341 e. The molecule has 1 heterocycles. The van der Waals surface area contributed by atoms with Crippen molar-refractivity contribution >= 4 is 29.1 Å². The summed E-state index contributed by atoms with van der Waals surface area (Å²) in [6, 6.07) is 0. The van der Waals surface area contributed by atoms with E-state index in [4.69, 9.17) is 23.2 Å². The molecule has 19 heavy (non-hydrogen) atoms. The van der Waals surface area contributed by atoms with Gasteiger partial charge in [-0.2, -0.15) is 13.2 Å². The maximum absolute atomic E-state index is 12.1. The van der Waals surface area contributed by atoms with E-state index in [-0.39, 0.29) is 15.6 Å². The van der Waals surface area contributed by atoms with Crippen LogP contribution in [0.4, 0.5) is 13.2 Å². The number of hydrogen-bond donors (Lipinski definition) is 0. The topological polar surface area (TPSA) is 33.2 Å². The number of alkyl halides is 3. The Morgan fingerprint density at radius 3 is 2.47 bits per heavy atom. The Kier molecular flexibility index (Phi) is 5.04. The zero-order valence-electron chi connectivity index (χ0n) is 10.2. The van der Waals surface area contributed by atoms with Crippen molar-refractivity contribution in [2.75, 3.05) is 13.6 Å². The molecule has 0 atom stereocenters. The molecule has 1 rings (SSSR count). The second kappa shape index (κ2) is 5.96. The summed E-state index contributed by atoms with van der Waals surface area (Å²) < 4.78 is 36.2. The van der Waals surface area contributed by atoms with E-state index in [9.17, 15) is 18.0 Å². The van der Waals surface area contributed by atoms with Crippen LogP contribution in [0.3, 0.4) is 0 Å². The first-order valence-corrected chi connectivity index (χ1v) is 6.02. The quantitative estimate of drug-likeness (QED) is 0.852. The van der Waals surface area contributed by atoms with Gasteiger partial charge in [0.2, 0.25) is 0 Å². The minimum Gasteiger partial charge on any atom is -0.341 e. The lowest BCUT2D eigenvalue weighted by atomic mass is 10.2. The van der Waals surface area contributed by atoms with Gasteiger partial charge in [0, 0.05) is 19.8 Å². The highest BCUT2D eigenvalue weighted by molar-refractivity contribution is 6.44. The van der Waals surface area contributed by atoms with Gasteiger partial charge in [0.05, 0.1) is 27.7 Å². The number of carbonyl (C=O) groups excluding carboxylic acids is 1. The van der Waals surface area contributed by atoms with Crippen LogP contribution in [0, 0.1) is 6.92 Å². The van der Waals surface area contributed by atoms with Crippen LogP contribution in [0.15, 0.2) is 6.20 Å². The number of pyridine rings is 1. The summed E-state index contributed by atoms with van der Waals surface area (Å²) in [6.07, 6.45) is -4.20. The van der Waals surface area contributed by atoms with Gasteiger partial charge in [-0.15, -0.1) is 0 Å². The molecule has 0 N–H and O–H groups in total. The second-order valence-corrected chi connectivity index (χ2v) is 4.73. The predicted octanol–water partition coefficient (Wildman–Crippen LogP) is 3.72. The molecule has 0 saturated carbocycles. The molecule has 0 saturated heterocycles. The Balaban J connectivity index is 2.86. The number of aryl methyl sites for hydroxylation is 1. The van der Waals surface area contributed by atoms with Gasteiger partial charge in [0.15, 0.2) is 0 Å². The molecule has 3 nitrogen and oxygen atoms in total. The highest BCUT2D eigenvalue weighted by Crippen LogP contribution is 2.28. The zero-order valence-corrected chi connectivity index (χ0v) is 11.7. The number of nitrogens with zero attached hydrogens (tertiary/aromatic N) is 2. The Bertz CT molecular complexity index is 492. The Morgan fingerprint density at radius 2 is 1.95 bits per heavy atom. The van der Waals surface area contributed by atoms with Crippen molar-refractivity contribution in [3.63, 3.8) is 0 Å². The van der Waals surface area contributed by atoms with Gasteiger partial charge in [-0.25, -0.2) is 0 Å². The molecule has 0 fully saturated rings. The van der Waals surface area contributed by atoms with Crippen LogP contribution in [-0.2, 0) is 0 Å². The van der Waals surface area contributed by atoms with Crippen molar-refractivity contribution in [3.8, 4) is 0 Å². The highest BCUT2D eigenvalue weighted by atomic mass is 35.5. The van der Waals surface area contributed by atoms with Crippen LogP contribution < -0.4 is 0 Å². The number of amides is 1. The van der Waals surface area contributed by atoms with Crippen molar-refractivity contribution in [2.24, 2.45) is 0 Å². The zero-order chi connectivity index (χ0) is 14.8. The Morgan fingerprint density at radius 1 is 1.37 bits per heavy atom. The van der Waals surface area contributed by atoms with Crippen LogP contribution in [-0.4, -0.2) is 35.6 Å². The van der Waals surface area contributed by atoms with Gasteiger partial charge in [-0.05, 0) is 6.92 Å². The molecule has 0 spiro atoms. The van der Waals surface area contributed by atoms with Gasteiger partial charge in [0.1, 0.15) is 0 Å². The fourth-order valence-electron chi connectivity index (χ4n) is 1.30. The second-order valence-electron chi connectivity index (χ2n) is 3.98. The molecule has 1 aromatic rings. The van der Waals surface area contributed by atoms with Gasteiger partial charge >= 0.3 is 6.18 Å². The van der Waals surface area contributed by atoms with E-state index < -0.39 is 25.0 Å². The first kappa shape index (κ1) is 16.0. The first-order valence-electron chi connectivity index (χ1n) is 5.26. The number of hydrogen-bond acceptors (Lipinski definition) is 2. The maximum atomic E-state index is 12.1. The molecule has 0 unspecified atom stereocenters. The summed E-state index contributed by atoms with van der Waals surface area (Å²) in [4.78, 5) is 16.7. The van der Waals surface area contributed by atoms with Crippen LogP contribution in [0.5, 0.6) is 0 Å². The largest absolute Gasteiger partial charge is 0.390 e. The third-order valence-corrected chi connectivity index (χ3v) is 3.39. The number of aromatic nitrogens is 1. The summed E-state index contributed by atoms with van der Waals surface area (Å²) in [5.41, 5.74) is 0.433. The molecular weight excluding hydrogens is 304 g/mol. The maximum Gasteiger partial charge on any atom is 0.390 e. The van der Waals surface area contributed by atoms with Crippen LogP contribution in [0.2, 0.25) is 10.0 Å². The molecule has 1 amide bonds. The van der Waals surface area contributed by atoms with E-state index in [1.807, 2.05) is 0 Å². The lowest BCUT2D eigenvalue weighted by molar-refractivity contribution is -0.136. The number of halogens is 5. The fourth-order valence-corrected chi connectivity index (χ4v) is 1.72. The lowest BCUT2D eigenvalue weighted by Crippen LogP contribution is -2.30. The molecule has 0 aliphatic carbocycles. The van der Waals surface area contributed by atoms with Crippen LogP contribution in [0.25, 0.3) is 0 Å². The van der Waals surface area contributed by atoms with Gasteiger partial charge in [-0.1, -0.05) is 23.2 Å². The summed E-state index contributed by atoms with van der Waals surface area (Å²) in [5, 5.41) is 0.120. The summed E-state index contributed by atoms with van der Waals surface area (Å²) in [7, 11) is 1.26. The van der Waals surface area contributed by atoms with Gasteiger partial charge in [-0.3, -0.25) is 9.78 Å². The number of carbonyl (C=O) groups is 1. The third kappa shape index (κ3) is 4.24. The minimum atomic E-state index is -4.32. The van der Waals surface area contributed by atoms with E-state index in [1.54, 1.807) is 6.92 Å². The van der Waals surface area contributed by atoms with Gasteiger partial charge in [0.25, 0.3) is 5.91 Å². The van der Waals surface area contributed by atoms with E-state index in [1.165, 1.54) is 13.2 Å². The molecule has 0 bridgehead atoms. The van der Waals surface area contributed by atoms with Crippen molar-refractivity contribution < 1.29 is 18.0 Å². The van der Waals surface area contributed by atoms with E-state index in [2.05, 4.69) is 4.98 Å². The average molecular weight is 315 g/mol. The lowest BCUT2D eigenvalue weighted by Gasteiger charge is -2.19. The normalized spacial score (nSPS) is 11.5. The molecule has 0 aromatic carbocycles. The Hall–Kier alpha value is -1.01. The molecule has 1 aromatic heterocycles. The van der Waals surface area contributed by atoms with Crippen molar-refractivity contribution in [2.45, 2.75) is 19.5 Å². The molecule has 0 aliphatic heterocycles. The molecule has 0 aliphatic rings. The predicted molar refractivity (Wildman–Crippen MR) is 66.6 cm³/mol. The minimum absolute atomic E-state index is 0.00183. The summed E-state index contributed by atoms with van der Waals surface area (Å²) >= 11 is 11.7. The van der Waals surface area contributed by atoms with Crippen LogP contribution >= 0.6 is 23.2 Å². The van der Waals surface area contributed by atoms with Gasteiger partial charge < -0.3 is 4.90 Å². The summed E-state index contributed by atoms with van der Waals surface area (Å²) in [5.74, 6) is -0.649. The highest BCUT2D eigenvalue weighted by Gasteiger charge is 2.28. The van der Waals surface area contributed by atoms with Crippen LogP contribution in [0.1, 0.15) is 22.5 Å². The SMILES string of the molecule is Cc1ncc(C(=O)N(C)CCC(F)(F)F)c(Cl)c1Cl. The standard InChI is InChI=1S/C11H11Cl2F3N2O/c1-6-8(12)9(13)7(5-17-6)10(19)18(2)4-3-11(14,15)16/h5H,3-4H2,1-2H3. The molecule has 8 heteroatoms. The fraction of sp³-hybridized carbons (Fsp3) is 0.455. The average Bonchev–Trinajstić information content (AvgIpc) is 2.31. The number of rotatable bonds is 3. The van der Waals surface area contributed by atoms with E-state index >= 15 is 0 Å². The molecule has 106 valence electrons. The van der Waals surface area contributed by atoms with E-state index in [0.29, 0.717) is 5.69 Å². The summed E-state index contributed by atoms with van der Waals surface area (Å²) in [6.45, 7) is 1.15. The van der Waals surface area contributed by atoms with Crippen molar-refractivity contribution in [1.82, 2.24) is 9.88 Å². The van der Waals surface area contributed by atoms with Crippen molar-refractivity contribution in [1.29, 1.82) is 0 Å². The Labute approximate surface area is 118 Å².